The number of nitrogens with two attached hydrogens (primary N) is 1. The number of aliphatic hydroxyl groups excluding tert-OH is 1. The molecule has 0 radical (unpaired) electrons. The fraction of sp³-hybridized carbons (Fsp3) is 0.125. The molecule has 4 aromatic rings. The van der Waals surface area contributed by atoms with Crippen LogP contribution in [0.4, 0.5) is 11.5 Å². The minimum Gasteiger partial charge on any atom is -0.395 e. The first-order valence-corrected chi connectivity index (χ1v) is 7.99. The average molecular weight is 326 g/mol. The van der Waals surface area contributed by atoms with Crippen molar-refractivity contribution < 1.29 is 5.11 Å². The maximum Gasteiger partial charge on any atom is 0.215 e. The van der Waals surface area contributed by atoms with Crippen LogP contribution in [0.5, 0.6) is 0 Å². The van der Waals surface area contributed by atoms with Crippen LogP contribution in [0.2, 0.25) is 0 Å². The van der Waals surface area contributed by atoms with Crippen LogP contribution in [-0.2, 0) is 0 Å². The lowest BCUT2D eigenvalue weighted by Gasteiger charge is -2.08. The summed E-state index contributed by atoms with van der Waals surface area (Å²) >= 11 is 1.48. The normalized spacial score (nSPS) is 11.5. The Morgan fingerprint density at radius 1 is 1.26 bits per heavy atom. The quantitative estimate of drug-likeness (QED) is 0.536. The molecular formula is C16H14N4O2S. The fourth-order valence-corrected chi connectivity index (χ4v) is 3.79. The van der Waals surface area contributed by atoms with E-state index in [9.17, 15) is 4.79 Å². The van der Waals surface area contributed by atoms with Gasteiger partial charge >= 0.3 is 0 Å². The Labute approximate surface area is 134 Å². The highest BCUT2D eigenvalue weighted by molar-refractivity contribution is 7.24. The molecule has 3 aromatic heterocycles. The number of aromatic nitrogens is 2. The number of thiazole rings is 1. The number of para-hydroxylation sites is 1. The number of aliphatic hydroxyl groups is 1. The third kappa shape index (κ3) is 2.05. The third-order valence-electron chi connectivity index (χ3n) is 3.74. The number of nitrogens with one attached hydrogen (secondary N) is 1. The van der Waals surface area contributed by atoms with E-state index in [4.69, 9.17) is 10.8 Å². The highest BCUT2D eigenvalue weighted by Gasteiger charge is 2.15. The number of hydrogen-bond acceptors (Lipinski definition) is 6. The standard InChI is InChI=1S/C16H14N4O2S/c17-13-14(22)9-5-6-12(18-7-8-21)19-15(9)20-10-3-1-2-4-11(10)23-16(13)20/h1-6,21H,7-8,17H2,(H,18,19). The number of rotatable bonds is 3. The highest BCUT2D eigenvalue weighted by atomic mass is 32.1. The smallest absolute Gasteiger partial charge is 0.215 e. The first-order valence-electron chi connectivity index (χ1n) is 7.18. The number of benzene rings is 1. The van der Waals surface area contributed by atoms with Gasteiger partial charge in [-0.2, -0.15) is 0 Å². The van der Waals surface area contributed by atoms with Gasteiger partial charge in [0.2, 0.25) is 5.43 Å². The molecule has 23 heavy (non-hydrogen) atoms. The van der Waals surface area contributed by atoms with Crippen molar-refractivity contribution in [3.63, 3.8) is 0 Å². The van der Waals surface area contributed by atoms with Gasteiger partial charge in [-0.05, 0) is 24.3 Å². The molecule has 1 aromatic carbocycles. The summed E-state index contributed by atoms with van der Waals surface area (Å²) in [5.41, 5.74) is 7.65. The fourth-order valence-electron chi connectivity index (χ4n) is 2.69. The van der Waals surface area contributed by atoms with Gasteiger partial charge in [0.1, 0.15) is 16.3 Å². The zero-order chi connectivity index (χ0) is 16.0. The third-order valence-corrected chi connectivity index (χ3v) is 4.90. The van der Waals surface area contributed by atoms with Crippen LogP contribution in [0, 0.1) is 0 Å². The average Bonchev–Trinajstić information content (AvgIpc) is 2.97. The Kier molecular flexibility index (Phi) is 3.17. The Bertz CT molecular complexity index is 1100. The molecule has 0 fully saturated rings. The van der Waals surface area contributed by atoms with Crippen LogP contribution >= 0.6 is 11.3 Å². The van der Waals surface area contributed by atoms with Crippen LogP contribution in [0.1, 0.15) is 0 Å². The predicted octanol–water partition coefficient (Wildman–Crippen LogP) is 2.05. The topological polar surface area (TPSA) is 92.7 Å². The van der Waals surface area contributed by atoms with Crippen molar-refractivity contribution >= 4 is 48.9 Å². The SMILES string of the molecule is Nc1c(=O)c2ccc(NCCO)nc2n2c1sc1ccccc12. The second-order valence-electron chi connectivity index (χ2n) is 5.17. The second-order valence-corrected chi connectivity index (χ2v) is 6.20. The molecule has 0 bridgehead atoms. The Morgan fingerprint density at radius 2 is 2.09 bits per heavy atom. The van der Waals surface area contributed by atoms with Crippen molar-refractivity contribution in [2.45, 2.75) is 0 Å². The van der Waals surface area contributed by atoms with E-state index in [0.29, 0.717) is 28.2 Å². The van der Waals surface area contributed by atoms with Crippen molar-refractivity contribution in [2.75, 3.05) is 24.2 Å². The van der Waals surface area contributed by atoms with E-state index in [1.807, 2.05) is 28.7 Å². The van der Waals surface area contributed by atoms with Gasteiger partial charge in [0.05, 0.1) is 22.2 Å². The van der Waals surface area contributed by atoms with Crippen molar-refractivity contribution in [3.05, 3.63) is 46.6 Å². The Morgan fingerprint density at radius 3 is 2.91 bits per heavy atom. The van der Waals surface area contributed by atoms with E-state index >= 15 is 0 Å². The maximum absolute atomic E-state index is 12.5. The molecule has 0 saturated heterocycles. The van der Waals surface area contributed by atoms with E-state index in [0.717, 1.165) is 10.2 Å². The van der Waals surface area contributed by atoms with Crippen molar-refractivity contribution in [1.29, 1.82) is 0 Å². The summed E-state index contributed by atoms with van der Waals surface area (Å²) < 4.78 is 2.97. The van der Waals surface area contributed by atoms with Crippen LogP contribution in [0.3, 0.4) is 0 Å². The zero-order valence-electron chi connectivity index (χ0n) is 12.1. The molecule has 6 nitrogen and oxygen atoms in total. The maximum atomic E-state index is 12.5. The van der Waals surface area contributed by atoms with Gasteiger partial charge in [0, 0.05) is 6.54 Å². The monoisotopic (exact) mass is 326 g/mol. The van der Waals surface area contributed by atoms with Gasteiger partial charge in [-0.3, -0.25) is 9.20 Å². The second kappa shape index (κ2) is 5.22. The molecule has 0 unspecified atom stereocenters. The van der Waals surface area contributed by atoms with E-state index in [-0.39, 0.29) is 17.7 Å². The van der Waals surface area contributed by atoms with Crippen molar-refractivity contribution in [2.24, 2.45) is 0 Å². The van der Waals surface area contributed by atoms with Gasteiger partial charge in [0.15, 0.2) is 5.65 Å². The molecule has 3 heterocycles. The number of anilines is 2. The highest BCUT2D eigenvalue weighted by Crippen LogP contribution is 2.31. The molecule has 7 heteroatoms. The lowest BCUT2D eigenvalue weighted by atomic mass is 10.2. The van der Waals surface area contributed by atoms with Gasteiger partial charge in [-0.15, -0.1) is 11.3 Å². The molecule has 0 amide bonds. The lowest BCUT2D eigenvalue weighted by Crippen LogP contribution is -2.13. The summed E-state index contributed by atoms with van der Waals surface area (Å²) in [5.74, 6) is 0.611. The van der Waals surface area contributed by atoms with Gasteiger partial charge in [-0.1, -0.05) is 12.1 Å². The first-order chi connectivity index (χ1) is 11.2. The molecule has 0 atom stereocenters. The van der Waals surface area contributed by atoms with Gasteiger partial charge in [-0.25, -0.2) is 4.98 Å². The summed E-state index contributed by atoms with van der Waals surface area (Å²) in [5, 5.41) is 12.4. The molecule has 0 saturated carbocycles. The minimum absolute atomic E-state index is 0.0121. The molecule has 0 aliphatic rings. The number of hydrogen-bond donors (Lipinski definition) is 3. The van der Waals surface area contributed by atoms with E-state index in [2.05, 4.69) is 10.3 Å². The Hall–Kier alpha value is -2.64. The number of nitrogen functional groups attached to an aromatic ring is 1. The molecule has 0 aliphatic carbocycles. The van der Waals surface area contributed by atoms with Crippen LogP contribution in [-0.4, -0.2) is 27.6 Å². The van der Waals surface area contributed by atoms with E-state index < -0.39 is 0 Å². The molecule has 116 valence electrons. The number of fused-ring (bicyclic) bond motifs is 5. The largest absolute Gasteiger partial charge is 0.395 e. The summed E-state index contributed by atoms with van der Waals surface area (Å²) in [6, 6.07) is 11.3. The van der Waals surface area contributed by atoms with Crippen molar-refractivity contribution in [3.8, 4) is 0 Å². The van der Waals surface area contributed by atoms with Crippen LogP contribution in [0.15, 0.2) is 41.2 Å². The van der Waals surface area contributed by atoms with Gasteiger partial charge in [0.25, 0.3) is 0 Å². The van der Waals surface area contributed by atoms with Gasteiger partial charge < -0.3 is 16.2 Å². The summed E-state index contributed by atoms with van der Waals surface area (Å²) in [6.45, 7) is 0.411. The summed E-state index contributed by atoms with van der Waals surface area (Å²) in [4.78, 5) is 17.8. The van der Waals surface area contributed by atoms with E-state index in [1.165, 1.54) is 11.3 Å². The predicted molar refractivity (Wildman–Crippen MR) is 94.3 cm³/mol. The molecule has 0 spiro atoms. The summed E-state index contributed by atoms with van der Waals surface area (Å²) in [7, 11) is 0. The van der Waals surface area contributed by atoms with Crippen LogP contribution < -0.4 is 16.5 Å². The molecule has 4 N–H and O–H groups in total. The zero-order valence-corrected chi connectivity index (χ0v) is 12.9. The van der Waals surface area contributed by atoms with E-state index in [1.54, 1.807) is 12.1 Å². The lowest BCUT2D eigenvalue weighted by molar-refractivity contribution is 0.311. The number of nitrogens with zero attached hydrogens (tertiary/aromatic N) is 2. The first kappa shape index (κ1) is 14.0. The summed E-state index contributed by atoms with van der Waals surface area (Å²) in [6.07, 6.45) is 0. The molecule has 4 rings (SSSR count). The van der Waals surface area contributed by atoms with Crippen molar-refractivity contribution in [1.82, 2.24) is 9.38 Å². The molecule has 0 aliphatic heterocycles. The van der Waals surface area contributed by atoms with Crippen LogP contribution in [0.25, 0.3) is 26.1 Å². The Balaban J connectivity index is 2.17. The number of pyridine rings is 2. The molecular weight excluding hydrogens is 312 g/mol. The minimum atomic E-state index is -0.201.